The SMILES string of the molecule is CNCc1ccc(OCCCC(C)(C)C)c(Br)c1. The van der Waals surface area contributed by atoms with Crippen molar-refractivity contribution >= 4 is 15.9 Å². The summed E-state index contributed by atoms with van der Waals surface area (Å²) in [6.45, 7) is 8.44. The molecule has 0 unspecified atom stereocenters. The molecule has 18 heavy (non-hydrogen) atoms. The Morgan fingerprint density at radius 1 is 1.28 bits per heavy atom. The molecule has 0 aliphatic heterocycles. The predicted octanol–water partition coefficient (Wildman–Crippen LogP) is 4.37. The smallest absolute Gasteiger partial charge is 0.133 e. The summed E-state index contributed by atoms with van der Waals surface area (Å²) in [6.07, 6.45) is 2.27. The van der Waals surface area contributed by atoms with Crippen molar-refractivity contribution in [3.05, 3.63) is 28.2 Å². The second kappa shape index (κ2) is 7.15. The van der Waals surface area contributed by atoms with E-state index in [1.54, 1.807) is 0 Å². The molecule has 0 fully saturated rings. The number of nitrogens with one attached hydrogen (secondary N) is 1. The van der Waals surface area contributed by atoms with Crippen LogP contribution >= 0.6 is 15.9 Å². The van der Waals surface area contributed by atoms with Crippen molar-refractivity contribution in [1.29, 1.82) is 0 Å². The van der Waals surface area contributed by atoms with Crippen molar-refractivity contribution in [3.63, 3.8) is 0 Å². The van der Waals surface area contributed by atoms with Crippen LogP contribution in [0.3, 0.4) is 0 Å². The fourth-order valence-electron chi connectivity index (χ4n) is 1.76. The molecular weight excluding hydrogens is 290 g/mol. The van der Waals surface area contributed by atoms with Crippen LogP contribution in [0.4, 0.5) is 0 Å². The highest BCUT2D eigenvalue weighted by atomic mass is 79.9. The Morgan fingerprint density at radius 2 is 2.00 bits per heavy atom. The highest BCUT2D eigenvalue weighted by molar-refractivity contribution is 9.10. The molecule has 0 saturated carbocycles. The van der Waals surface area contributed by atoms with Gasteiger partial charge in [0, 0.05) is 6.54 Å². The Hall–Kier alpha value is -0.540. The average molecular weight is 314 g/mol. The minimum atomic E-state index is 0.386. The predicted molar refractivity (Wildman–Crippen MR) is 81.1 cm³/mol. The molecule has 1 rings (SSSR count). The summed E-state index contributed by atoms with van der Waals surface area (Å²) in [4.78, 5) is 0. The van der Waals surface area contributed by atoms with Crippen molar-refractivity contribution in [2.45, 2.75) is 40.2 Å². The summed E-state index contributed by atoms with van der Waals surface area (Å²) >= 11 is 3.56. The van der Waals surface area contributed by atoms with E-state index in [0.29, 0.717) is 5.41 Å². The molecule has 0 bridgehead atoms. The zero-order valence-corrected chi connectivity index (χ0v) is 13.4. The fourth-order valence-corrected chi connectivity index (χ4v) is 2.30. The number of benzene rings is 1. The maximum absolute atomic E-state index is 5.80. The highest BCUT2D eigenvalue weighted by Crippen LogP contribution is 2.27. The van der Waals surface area contributed by atoms with Crippen LogP contribution in [0.2, 0.25) is 0 Å². The zero-order valence-electron chi connectivity index (χ0n) is 11.8. The molecule has 0 heterocycles. The van der Waals surface area contributed by atoms with Gasteiger partial charge in [0.25, 0.3) is 0 Å². The Kier molecular flexibility index (Phi) is 6.16. The maximum atomic E-state index is 5.80. The molecule has 102 valence electrons. The Labute approximate surface area is 119 Å². The van der Waals surface area contributed by atoms with E-state index in [2.05, 4.69) is 54.2 Å². The summed E-state index contributed by atoms with van der Waals surface area (Å²) in [7, 11) is 1.95. The summed E-state index contributed by atoms with van der Waals surface area (Å²) < 4.78 is 6.83. The molecule has 0 radical (unpaired) electrons. The van der Waals surface area contributed by atoms with Gasteiger partial charge < -0.3 is 10.1 Å². The van der Waals surface area contributed by atoms with Gasteiger partial charge in [-0.25, -0.2) is 0 Å². The summed E-state index contributed by atoms with van der Waals surface area (Å²) in [5.41, 5.74) is 1.64. The number of hydrogen-bond acceptors (Lipinski definition) is 2. The molecular formula is C15H24BrNO. The third-order valence-electron chi connectivity index (χ3n) is 2.71. The second-order valence-corrected chi connectivity index (χ2v) is 6.66. The van der Waals surface area contributed by atoms with Gasteiger partial charge in [-0.3, -0.25) is 0 Å². The number of ether oxygens (including phenoxy) is 1. The second-order valence-electron chi connectivity index (χ2n) is 5.81. The topological polar surface area (TPSA) is 21.3 Å². The third-order valence-corrected chi connectivity index (χ3v) is 3.33. The third kappa shape index (κ3) is 5.87. The molecule has 0 aliphatic rings. The molecule has 0 atom stereocenters. The van der Waals surface area contributed by atoms with Crippen LogP contribution in [-0.2, 0) is 6.54 Å². The minimum absolute atomic E-state index is 0.386. The van der Waals surface area contributed by atoms with Gasteiger partial charge in [-0.05, 0) is 58.9 Å². The van der Waals surface area contributed by atoms with Gasteiger partial charge in [0.05, 0.1) is 11.1 Å². The molecule has 0 spiro atoms. The minimum Gasteiger partial charge on any atom is -0.492 e. The summed E-state index contributed by atoms with van der Waals surface area (Å²) in [5.74, 6) is 0.934. The standard InChI is InChI=1S/C15H24BrNO/c1-15(2,3)8-5-9-18-14-7-6-12(11-17-4)10-13(14)16/h6-7,10,17H,5,8-9,11H2,1-4H3. The lowest BCUT2D eigenvalue weighted by Crippen LogP contribution is -2.08. The van der Waals surface area contributed by atoms with Gasteiger partial charge in [-0.1, -0.05) is 26.8 Å². The van der Waals surface area contributed by atoms with Gasteiger partial charge in [-0.2, -0.15) is 0 Å². The first-order valence-electron chi connectivity index (χ1n) is 6.48. The van der Waals surface area contributed by atoms with Crippen LogP contribution in [0.1, 0.15) is 39.2 Å². The number of hydrogen-bond donors (Lipinski definition) is 1. The van der Waals surface area contributed by atoms with E-state index in [1.807, 2.05) is 13.1 Å². The van der Waals surface area contributed by atoms with E-state index in [-0.39, 0.29) is 0 Å². The van der Waals surface area contributed by atoms with Crippen molar-refractivity contribution in [2.75, 3.05) is 13.7 Å². The summed E-state index contributed by atoms with van der Waals surface area (Å²) in [6, 6.07) is 6.24. The van der Waals surface area contributed by atoms with Gasteiger partial charge >= 0.3 is 0 Å². The average Bonchev–Trinajstić information content (AvgIpc) is 2.26. The van der Waals surface area contributed by atoms with E-state index in [4.69, 9.17) is 4.74 Å². The molecule has 2 nitrogen and oxygen atoms in total. The maximum Gasteiger partial charge on any atom is 0.133 e. The quantitative estimate of drug-likeness (QED) is 0.787. The van der Waals surface area contributed by atoms with Crippen LogP contribution in [0, 0.1) is 5.41 Å². The molecule has 0 aromatic heterocycles. The van der Waals surface area contributed by atoms with Crippen molar-refractivity contribution < 1.29 is 4.74 Å². The van der Waals surface area contributed by atoms with E-state index in [1.165, 1.54) is 12.0 Å². The van der Waals surface area contributed by atoms with E-state index in [9.17, 15) is 0 Å². The first kappa shape index (κ1) is 15.5. The molecule has 0 amide bonds. The summed E-state index contributed by atoms with van der Waals surface area (Å²) in [5, 5.41) is 3.14. The number of rotatable bonds is 6. The molecule has 1 aromatic rings. The first-order chi connectivity index (χ1) is 8.42. The first-order valence-corrected chi connectivity index (χ1v) is 7.27. The van der Waals surface area contributed by atoms with Gasteiger partial charge in [-0.15, -0.1) is 0 Å². The van der Waals surface area contributed by atoms with E-state index >= 15 is 0 Å². The van der Waals surface area contributed by atoms with Gasteiger partial charge in [0.15, 0.2) is 0 Å². The zero-order chi connectivity index (χ0) is 13.6. The van der Waals surface area contributed by atoms with Crippen molar-refractivity contribution in [1.82, 2.24) is 5.32 Å². The lowest BCUT2D eigenvalue weighted by molar-refractivity contribution is 0.268. The van der Waals surface area contributed by atoms with Crippen LogP contribution in [0.5, 0.6) is 5.75 Å². The van der Waals surface area contributed by atoms with Crippen LogP contribution in [-0.4, -0.2) is 13.7 Å². The molecule has 0 saturated heterocycles. The lowest BCUT2D eigenvalue weighted by Gasteiger charge is -2.18. The van der Waals surface area contributed by atoms with E-state index in [0.717, 1.165) is 29.8 Å². The lowest BCUT2D eigenvalue weighted by atomic mass is 9.91. The van der Waals surface area contributed by atoms with Crippen molar-refractivity contribution in [3.8, 4) is 5.75 Å². The van der Waals surface area contributed by atoms with Gasteiger partial charge in [0.1, 0.15) is 5.75 Å². The number of halogens is 1. The normalized spacial score (nSPS) is 11.6. The molecule has 0 aliphatic carbocycles. The van der Waals surface area contributed by atoms with Crippen LogP contribution < -0.4 is 10.1 Å². The van der Waals surface area contributed by atoms with Gasteiger partial charge in [0.2, 0.25) is 0 Å². The Morgan fingerprint density at radius 3 is 2.56 bits per heavy atom. The molecule has 3 heteroatoms. The largest absolute Gasteiger partial charge is 0.492 e. The fraction of sp³-hybridized carbons (Fsp3) is 0.600. The van der Waals surface area contributed by atoms with Crippen LogP contribution in [0.25, 0.3) is 0 Å². The molecule has 1 aromatic carbocycles. The molecule has 1 N–H and O–H groups in total. The van der Waals surface area contributed by atoms with Crippen molar-refractivity contribution in [2.24, 2.45) is 5.41 Å². The Bertz CT molecular complexity index is 371. The van der Waals surface area contributed by atoms with E-state index < -0.39 is 0 Å². The monoisotopic (exact) mass is 313 g/mol. The Balaban J connectivity index is 2.43. The van der Waals surface area contributed by atoms with Crippen LogP contribution in [0.15, 0.2) is 22.7 Å². The highest BCUT2D eigenvalue weighted by Gasteiger charge is 2.09.